The fourth-order valence-corrected chi connectivity index (χ4v) is 2.98. The van der Waals surface area contributed by atoms with Crippen molar-refractivity contribution in [3.63, 3.8) is 0 Å². The van der Waals surface area contributed by atoms with Gasteiger partial charge in [-0.2, -0.15) is 0 Å². The van der Waals surface area contributed by atoms with Gasteiger partial charge in [-0.25, -0.2) is 9.59 Å². The molecule has 1 aliphatic rings. The Morgan fingerprint density at radius 1 is 1.52 bits per heavy atom. The summed E-state index contributed by atoms with van der Waals surface area (Å²) in [5, 5.41) is 16.1. The number of carbonyl (C=O) groups excluding carboxylic acids is 2. The van der Waals surface area contributed by atoms with Crippen LogP contribution in [0, 0.1) is 0 Å². The van der Waals surface area contributed by atoms with Gasteiger partial charge in [0.15, 0.2) is 0 Å². The van der Waals surface area contributed by atoms with E-state index >= 15 is 0 Å². The topological polar surface area (TPSA) is 98.7 Å². The number of hydrogen-bond donors (Lipinski definition) is 3. The lowest BCUT2D eigenvalue weighted by Gasteiger charge is -2.21. The molecule has 1 aromatic heterocycles. The number of carbonyl (C=O) groups is 3. The standard InChI is InChI=1S/C13H17N3O4S/c1-8(7-16-5-2-3-10(16)17)14-13(20)15-11-9(12(18)19)4-6-21-11/h4,6,8H,2-3,5,7H2,1H3,(H,18,19)(H2,14,15,20). The largest absolute Gasteiger partial charge is 0.478 e. The van der Waals surface area contributed by atoms with Gasteiger partial charge in [0.1, 0.15) is 5.00 Å². The zero-order valence-corrected chi connectivity index (χ0v) is 12.4. The quantitative estimate of drug-likeness (QED) is 0.769. The first-order valence-corrected chi connectivity index (χ1v) is 7.51. The van der Waals surface area contributed by atoms with Crippen LogP contribution >= 0.6 is 11.3 Å². The molecule has 1 unspecified atom stereocenters. The highest BCUT2D eigenvalue weighted by Crippen LogP contribution is 2.22. The number of aromatic carboxylic acids is 1. The van der Waals surface area contributed by atoms with Crippen molar-refractivity contribution in [2.75, 3.05) is 18.4 Å². The number of amides is 3. The molecule has 1 atom stereocenters. The first-order valence-electron chi connectivity index (χ1n) is 6.63. The van der Waals surface area contributed by atoms with Crippen LogP contribution in [0.25, 0.3) is 0 Å². The van der Waals surface area contributed by atoms with Gasteiger partial charge in [0.2, 0.25) is 5.91 Å². The van der Waals surface area contributed by atoms with E-state index in [1.165, 1.54) is 6.07 Å². The predicted molar refractivity (Wildman–Crippen MR) is 78.7 cm³/mol. The van der Waals surface area contributed by atoms with Crippen molar-refractivity contribution in [3.8, 4) is 0 Å². The van der Waals surface area contributed by atoms with E-state index in [4.69, 9.17) is 5.11 Å². The Kier molecular flexibility index (Phi) is 4.79. The van der Waals surface area contributed by atoms with Crippen LogP contribution in [0.5, 0.6) is 0 Å². The van der Waals surface area contributed by atoms with E-state index in [0.29, 0.717) is 18.0 Å². The Hall–Kier alpha value is -2.09. The first-order chi connectivity index (χ1) is 9.97. The number of thiophene rings is 1. The highest BCUT2D eigenvalue weighted by atomic mass is 32.1. The molecule has 1 aromatic rings. The maximum Gasteiger partial charge on any atom is 0.338 e. The van der Waals surface area contributed by atoms with Crippen molar-refractivity contribution in [1.29, 1.82) is 0 Å². The summed E-state index contributed by atoms with van der Waals surface area (Å²) in [6.07, 6.45) is 1.42. The lowest BCUT2D eigenvalue weighted by Crippen LogP contribution is -2.44. The molecule has 0 saturated carbocycles. The second-order valence-corrected chi connectivity index (χ2v) is 5.83. The Bertz CT molecular complexity index is 557. The summed E-state index contributed by atoms with van der Waals surface area (Å²) in [4.78, 5) is 36.0. The van der Waals surface area contributed by atoms with E-state index in [2.05, 4.69) is 10.6 Å². The zero-order chi connectivity index (χ0) is 15.4. The second kappa shape index (κ2) is 6.57. The summed E-state index contributed by atoms with van der Waals surface area (Å²) in [6.45, 7) is 2.99. The summed E-state index contributed by atoms with van der Waals surface area (Å²) in [5.41, 5.74) is 0.0672. The van der Waals surface area contributed by atoms with E-state index in [-0.39, 0.29) is 17.5 Å². The van der Waals surface area contributed by atoms with Crippen molar-refractivity contribution in [2.24, 2.45) is 0 Å². The average Bonchev–Trinajstić information content (AvgIpc) is 2.99. The van der Waals surface area contributed by atoms with Gasteiger partial charge < -0.3 is 15.3 Å². The number of anilines is 1. The number of urea groups is 1. The van der Waals surface area contributed by atoms with Gasteiger partial charge in [0.25, 0.3) is 0 Å². The molecule has 3 amide bonds. The summed E-state index contributed by atoms with van der Waals surface area (Å²) in [7, 11) is 0. The minimum Gasteiger partial charge on any atom is -0.478 e. The van der Waals surface area contributed by atoms with Crippen LogP contribution in [0.1, 0.15) is 30.1 Å². The molecular weight excluding hydrogens is 294 g/mol. The van der Waals surface area contributed by atoms with Crippen LogP contribution in [0.2, 0.25) is 0 Å². The van der Waals surface area contributed by atoms with Crippen LogP contribution in [-0.2, 0) is 4.79 Å². The number of rotatable bonds is 5. The molecule has 21 heavy (non-hydrogen) atoms. The fourth-order valence-electron chi connectivity index (χ4n) is 2.21. The molecule has 1 saturated heterocycles. The molecule has 114 valence electrons. The van der Waals surface area contributed by atoms with Gasteiger partial charge in [-0.05, 0) is 24.8 Å². The van der Waals surface area contributed by atoms with E-state index in [1.807, 2.05) is 0 Å². The van der Waals surface area contributed by atoms with Gasteiger partial charge in [0, 0.05) is 25.6 Å². The molecule has 2 heterocycles. The third-order valence-electron chi connectivity index (χ3n) is 3.17. The van der Waals surface area contributed by atoms with Crippen molar-refractivity contribution >= 4 is 34.2 Å². The maximum atomic E-state index is 11.8. The van der Waals surface area contributed by atoms with E-state index < -0.39 is 12.0 Å². The summed E-state index contributed by atoms with van der Waals surface area (Å²) < 4.78 is 0. The third kappa shape index (κ3) is 3.94. The van der Waals surface area contributed by atoms with Crippen LogP contribution in [0.15, 0.2) is 11.4 Å². The van der Waals surface area contributed by atoms with Crippen LogP contribution in [-0.4, -0.2) is 47.0 Å². The molecule has 7 nitrogen and oxygen atoms in total. The van der Waals surface area contributed by atoms with E-state index in [0.717, 1.165) is 24.3 Å². The Labute approximate surface area is 125 Å². The highest BCUT2D eigenvalue weighted by Gasteiger charge is 2.22. The normalized spacial score (nSPS) is 15.9. The number of nitrogens with zero attached hydrogens (tertiary/aromatic N) is 1. The Morgan fingerprint density at radius 3 is 2.90 bits per heavy atom. The number of hydrogen-bond acceptors (Lipinski definition) is 4. The lowest BCUT2D eigenvalue weighted by atomic mass is 10.3. The number of carboxylic acids is 1. The van der Waals surface area contributed by atoms with Gasteiger partial charge in [-0.3, -0.25) is 10.1 Å². The number of nitrogens with one attached hydrogen (secondary N) is 2. The van der Waals surface area contributed by atoms with E-state index in [1.54, 1.807) is 17.2 Å². The molecule has 3 N–H and O–H groups in total. The van der Waals surface area contributed by atoms with Crippen molar-refractivity contribution in [3.05, 3.63) is 17.0 Å². The Morgan fingerprint density at radius 2 is 2.29 bits per heavy atom. The van der Waals surface area contributed by atoms with E-state index in [9.17, 15) is 14.4 Å². The molecule has 0 radical (unpaired) electrons. The smallest absolute Gasteiger partial charge is 0.338 e. The van der Waals surface area contributed by atoms with Gasteiger partial charge >= 0.3 is 12.0 Å². The molecule has 0 aliphatic carbocycles. The summed E-state index contributed by atoms with van der Waals surface area (Å²) >= 11 is 1.15. The van der Waals surface area contributed by atoms with Crippen LogP contribution in [0.4, 0.5) is 9.80 Å². The number of carboxylic acid groups (broad SMARTS) is 1. The van der Waals surface area contributed by atoms with Crippen LogP contribution in [0.3, 0.4) is 0 Å². The summed E-state index contributed by atoms with van der Waals surface area (Å²) in [6, 6.07) is 0.758. The van der Waals surface area contributed by atoms with Crippen LogP contribution < -0.4 is 10.6 Å². The lowest BCUT2D eigenvalue weighted by molar-refractivity contribution is -0.127. The fraction of sp³-hybridized carbons (Fsp3) is 0.462. The average molecular weight is 311 g/mol. The minimum absolute atomic E-state index is 0.0672. The Balaban J connectivity index is 1.85. The van der Waals surface area contributed by atoms with Crippen molar-refractivity contribution in [2.45, 2.75) is 25.8 Å². The van der Waals surface area contributed by atoms with Crippen molar-refractivity contribution < 1.29 is 19.5 Å². The predicted octanol–water partition coefficient (Wildman–Crippen LogP) is 1.58. The van der Waals surface area contributed by atoms with Crippen molar-refractivity contribution in [1.82, 2.24) is 10.2 Å². The third-order valence-corrected chi connectivity index (χ3v) is 4.00. The van der Waals surface area contributed by atoms with Gasteiger partial charge in [-0.15, -0.1) is 11.3 Å². The SMILES string of the molecule is CC(CN1CCCC1=O)NC(=O)Nc1sccc1C(=O)O. The zero-order valence-electron chi connectivity index (χ0n) is 11.6. The molecule has 0 bridgehead atoms. The molecule has 8 heteroatoms. The molecule has 1 fully saturated rings. The monoisotopic (exact) mass is 311 g/mol. The molecule has 0 spiro atoms. The van der Waals surface area contributed by atoms with Gasteiger partial charge in [-0.1, -0.05) is 0 Å². The molecular formula is C13H17N3O4S. The highest BCUT2D eigenvalue weighted by molar-refractivity contribution is 7.14. The summed E-state index contributed by atoms with van der Waals surface area (Å²) in [5.74, 6) is -0.974. The molecule has 1 aliphatic heterocycles. The second-order valence-electron chi connectivity index (χ2n) is 4.91. The maximum absolute atomic E-state index is 11.8. The van der Waals surface area contributed by atoms with Gasteiger partial charge in [0.05, 0.1) is 5.56 Å². The first kappa shape index (κ1) is 15.3. The molecule has 2 rings (SSSR count). The number of likely N-dealkylation sites (tertiary alicyclic amines) is 1. The molecule has 0 aromatic carbocycles. The minimum atomic E-state index is -1.08.